The van der Waals surface area contributed by atoms with Gasteiger partial charge in [-0.05, 0) is 43.5 Å². The van der Waals surface area contributed by atoms with Crippen LogP contribution in [-0.4, -0.2) is 17.0 Å². The van der Waals surface area contributed by atoms with Gasteiger partial charge in [0.1, 0.15) is 0 Å². The molecule has 0 fully saturated rings. The summed E-state index contributed by atoms with van der Waals surface area (Å²) in [4.78, 5) is 23.5. The number of aromatic nitrogens is 1. The molecule has 0 unspecified atom stereocenters. The van der Waals surface area contributed by atoms with Crippen molar-refractivity contribution < 1.29 is 4.79 Å². The van der Waals surface area contributed by atoms with Gasteiger partial charge in [-0.3, -0.25) is 9.59 Å². The molecule has 0 bridgehead atoms. The van der Waals surface area contributed by atoms with Crippen molar-refractivity contribution >= 4 is 17.5 Å². The zero-order valence-corrected chi connectivity index (χ0v) is 13.3. The Bertz CT molecular complexity index is 710. The minimum absolute atomic E-state index is 0.00188. The largest absolute Gasteiger partial charge is 0.352 e. The second-order valence-corrected chi connectivity index (χ2v) is 5.59. The van der Waals surface area contributed by atoms with Crippen molar-refractivity contribution in [1.82, 2.24) is 9.88 Å². The summed E-state index contributed by atoms with van der Waals surface area (Å²) >= 11 is 6.06. The van der Waals surface area contributed by atoms with Crippen LogP contribution >= 0.6 is 11.6 Å². The normalized spacial score (nSPS) is 10.5. The van der Waals surface area contributed by atoms with Crippen LogP contribution in [0, 0.1) is 6.92 Å². The first-order valence-corrected chi connectivity index (χ1v) is 7.65. The van der Waals surface area contributed by atoms with Crippen molar-refractivity contribution in [2.24, 2.45) is 0 Å². The Labute approximate surface area is 134 Å². The van der Waals surface area contributed by atoms with Crippen LogP contribution in [0.2, 0.25) is 5.02 Å². The van der Waals surface area contributed by atoms with E-state index in [9.17, 15) is 9.59 Å². The number of halogens is 1. The van der Waals surface area contributed by atoms with E-state index in [-0.39, 0.29) is 11.5 Å². The van der Waals surface area contributed by atoms with E-state index >= 15 is 0 Å². The van der Waals surface area contributed by atoms with Gasteiger partial charge in [0.2, 0.25) is 5.56 Å². The van der Waals surface area contributed by atoms with E-state index in [1.54, 1.807) is 35.0 Å². The summed E-state index contributed by atoms with van der Waals surface area (Å²) in [7, 11) is 0. The first kappa shape index (κ1) is 16.3. The lowest BCUT2D eigenvalue weighted by Crippen LogP contribution is -2.25. The standard InChI is InChI=1S/C17H19ClN2O2/c1-13-7-8-14(15(18)12-13)17(22)19-9-3-5-11-20-10-4-2-6-16(20)21/h2,4,6-8,10,12H,3,5,9,11H2,1H3,(H,19,22). The van der Waals surface area contributed by atoms with Crippen LogP contribution in [0.25, 0.3) is 0 Å². The Morgan fingerprint density at radius 3 is 2.77 bits per heavy atom. The van der Waals surface area contributed by atoms with Crippen molar-refractivity contribution in [2.75, 3.05) is 6.54 Å². The van der Waals surface area contributed by atoms with Crippen LogP contribution in [0.4, 0.5) is 0 Å². The third kappa shape index (κ3) is 4.46. The maximum Gasteiger partial charge on any atom is 0.252 e. The van der Waals surface area contributed by atoms with E-state index in [1.807, 2.05) is 19.1 Å². The second-order valence-electron chi connectivity index (χ2n) is 5.18. The van der Waals surface area contributed by atoms with E-state index in [0.717, 1.165) is 18.4 Å². The quantitative estimate of drug-likeness (QED) is 0.832. The van der Waals surface area contributed by atoms with Gasteiger partial charge in [0.05, 0.1) is 10.6 Å². The van der Waals surface area contributed by atoms with Gasteiger partial charge in [-0.15, -0.1) is 0 Å². The number of nitrogens with one attached hydrogen (secondary N) is 1. The predicted molar refractivity (Wildman–Crippen MR) is 88.5 cm³/mol. The molecule has 0 atom stereocenters. The maximum atomic E-state index is 12.0. The summed E-state index contributed by atoms with van der Waals surface area (Å²) in [5.41, 5.74) is 1.51. The Morgan fingerprint density at radius 2 is 2.05 bits per heavy atom. The first-order chi connectivity index (χ1) is 10.6. The van der Waals surface area contributed by atoms with Crippen LogP contribution in [0.5, 0.6) is 0 Å². The van der Waals surface area contributed by atoms with Gasteiger partial charge in [0.25, 0.3) is 5.91 Å². The molecule has 0 spiro atoms. The van der Waals surface area contributed by atoms with Crippen molar-refractivity contribution in [2.45, 2.75) is 26.3 Å². The Kier molecular flexibility index (Phi) is 5.78. The van der Waals surface area contributed by atoms with Gasteiger partial charge >= 0.3 is 0 Å². The second kappa shape index (κ2) is 7.80. The average Bonchev–Trinajstić information content (AvgIpc) is 2.48. The minimum atomic E-state index is -0.165. The molecule has 0 saturated carbocycles. The van der Waals surface area contributed by atoms with Gasteiger partial charge in [-0.2, -0.15) is 0 Å². The van der Waals surface area contributed by atoms with Crippen molar-refractivity contribution in [3.05, 3.63) is 69.1 Å². The van der Waals surface area contributed by atoms with Crippen LogP contribution in [0.1, 0.15) is 28.8 Å². The van der Waals surface area contributed by atoms with Gasteiger partial charge in [-0.1, -0.05) is 23.7 Å². The molecule has 0 aliphatic carbocycles. The zero-order chi connectivity index (χ0) is 15.9. The lowest BCUT2D eigenvalue weighted by molar-refractivity contribution is 0.0953. The average molecular weight is 319 g/mol. The lowest BCUT2D eigenvalue weighted by atomic mass is 10.1. The molecule has 0 radical (unpaired) electrons. The van der Waals surface area contributed by atoms with E-state index in [4.69, 9.17) is 11.6 Å². The number of aryl methyl sites for hydroxylation is 2. The predicted octanol–water partition coefficient (Wildman–Crippen LogP) is 3.02. The molecule has 0 saturated heterocycles. The highest BCUT2D eigenvalue weighted by molar-refractivity contribution is 6.33. The summed E-state index contributed by atoms with van der Waals surface area (Å²) in [5.74, 6) is -0.165. The molecule has 1 amide bonds. The summed E-state index contributed by atoms with van der Waals surface area (Å²) < 4.78 is 1.67. The highest BCUT2D eigenvalue weighted by Gasteiger charge is 2.09. The molecular weight excluding hydrogens is 300 g/mol. The van der Waals surface area contributed by atoms with Gasteiger partial charge < -0.3 is 9.88 Å². The fourth-order valence-corrected chi connectivity index (χ4v) is 2.47. The highest BCUT2D eigenvalue weighted by atomic mass is 35.5. The summed E-state index contributed by atoms with van der Waals surface area (Å²) in [6, 6.07) is 10.5. The van der Waals surface area contributed by atoms with E-state index < -0.39 is 0 Å². The number of hydrogen-bond acceptors (Lipinski definition) is 2. The van der Waals surface area contributed by atoms with E-state index in [0.29, 0.717) is 23.7 Å². The molecular formula is C17H19ClN2O2. The Balaban J connectivity index is 1.76. The fraction of sp³-hybridized carbons (Fsp3) is 0.294. The van der Waals surface area contributed by atoms with E-state index in [2.05, 4.69) is 5.32 Å². The molecule has 116 valence electrons. The SMILES string of the molecule is Cc1ccc(C(=O)NCCCCn2ccccc2=O)c(Cl)c1. The number of pyridine rings is 1. The van der Waals surface area contributed by atoms with Crippen LogP contribution < -0.4 is 10.9 Å². The summed E-state index contributed by atoms with van der Waals surface area (Å²) in [6.07, 6.45) is 3.40. The number of nitrogens with zero attached hydrogens (tertiary/aromatic N) is 1. The highest BCUT2D eigenvalue weighted by Crippen LogP contribution is 2.17. The number of unbranched alkanes of at least 4 members (excludes halogenated alkanes) is 1. The van der Waals surface area contributed by atoms with Crippen LogP contribution in [-0.2, 0) is 6.54 Å². The number of rotatable bonds is 6. The van der Waals surface area contributed by atoms with Crippen molar-refractivity contribution in [3.8, 4) is 0 Å². The Hall–Kier alpha value is -2.07. The molecule has 2 rings (SSSR count). The summed E-state index contributed by atoms with van der Waals surface area (Å²) in [6.45, 7) is 3.14. The van der Waals surface area contributed by atoms with Gasteiger partial charge in [0.15, 0.2) is 0 Å². The molecule has 1 aromatic heterocycles. The van der Waals surface area contributed by atoms with E-state index in [1.165, 1.54) is 0 Å². The topological polar surface area (TPSA) is 51.1 Å². The number of hydrogen-bond donors (Lipinski definition) is 1. The Morgan fingerprint density at radius 1 is 1.23 bits per heavy atom. The van der Waals surface area contributed by atoms with Crippen molar-refractivity contribution in [3.63, 3.8) is 0 Å². The molecule has 2 aromatic rings. The number of carbonyl (C=O) groups is 1. The third-order valence-electron chi connectivity index (χ3n) is 3.38. The molecule has 0 aliphatic heterocycles. The fourth-order valence-electron chi connectivity index (χ4n) is 2.15. The first-order valence-electron chi connectivity index (χ1n) is 7.28. The molecule has 1 aromatic carbocycles. The monoisotopic (exact) mass is 318 g/mol. The molecule has 1 heterocycles. The lowest BCUT2D eigenvalue weighted by Gasteiger charge is -2.08. The molecule has 5 heteroatoms. The number of carbonyl (C=O) groups excluding carboxylic acids is 1. The maximum absolute atomic E-state index is 12.0. The molecule has 22 heavy (non-hydrogen) atoms. The molecule has 0 aliphatic rings. The smallest absolute Gasteiger partial charge is 0.252 e. The summed E-state index contributed by atoms with van der Waals surface area (Å²) in [5, 5.41) is 3.32. The molecule has 1 N–H and O–H groups in total. The van der Waals surface area contributed by atoms with Crippen LogP contribution in [0.3, 0.4) is 0 Å². The van der Waals surface area contributed by atoms with Crippen molar-refractivity contribution in [1.29, 1.82) is 0 Å². The van der Waals surface area contributed by atoms with Gasteiger partial charge in [-0.25, -0.2) is 0 Å². The number of amides is 1. The molecule has 4 nitrogen and oxygen atoms in total. The third-order valence-corrected chi connectivity index (χ3v) is 3.69. The zero-order valence-electron chi connectivity index (χ0n) is 12.5. The minimum Gasteiger partial charge on any atom is -0.352 e. The number of benzene rings is 1. The van der Waals surface area contributed by atoms with Crippen LogP contribution in [0.15, 0.2) is 47.4 Å². The van der Waals surface area contributed by atoms with Gasteiger partial charge in [0, 0.05) is 25.4 Å².